The van der Waals surface area contributed by atoms with Gasteiger partial charge in [0.15, 0.2) is 11.6 Å². The monoisotopic (exact) mass is 305 g/mol. The maximum absolute atomic E-state index is 13.3. The summed E-state index contributed by atoms with van der Waals surface area (Å²) in [6.07, 6.45) is 3.41. The van der Waals surface area contributed by atoms with E-state index in [-0.39, 0.29) is 24.4 Å². The minimum absolute atomic E-state index is 0.0229. The van der Waals surface area contributed by atoms with Gasteiger partial charge in [-0.2, -0.15) is 0 Å². The van der Waals surface area contributed by atoms with Crippen LogP contribution >= 0.6 is 0 Å². The molecule has 0 saturated carbocycles. The van der Waals surface area contributed by atoms with Gasteiger partial charge in [0, 0.05) is 12.7 Å². The van der Waals surface area contributed by atoms with Gasteiger partial charge in [-0.1, -0.05) is 19.9 Å². The van der Waals surface area contributed by atoms with E-state index >= 15 is 0 Å². The molecular formula is C16H17F2N3O. The molecule has 0 N–H and O–H groups in total. The third kappa shape index (κ3) is 2.49. The van der Waals surface area contributed by atoms with Gasteiger partial charge >= 0.3 is 0 Å². The molecule has 0 aliphatic carbocycles. The van der Waals surface area contributed by atoms with Crippen molar-refractivity contribution in [2.24, 2.45) is 5.92 Å². The van der Waals surface area contributed by atoms with Crippen molar-refractivity contribution < 1.29 is 13.6 Å². The number of rotatable bonds is 3. The predicted octanol–water partition coefficient (Wildman–Crippen LogP) is 2.90. The lowest BCUT2D eigenvalue weighted by Gasteiger charge is -2.35. The quantitative estimate of drug-likeness (QED) is 0.874. The van der Waals surface area contributed by atoms with Crippen molar-refractivity contribution in [1.29, 1.82) is 0 Å². The molecule has 0 spiro atoms. The topological polar surface area (TPSA) is 38.1 Å². The van der Waals surface area contributed by atoms with E-state index in [1.165, 1.54) is 6.07 Å². The van der Waals surface area contributed by atoms with Gasteiger partial charge in [-0.05, 0) is 23.6 Å². The number of halogens is 2. The molecule has 1 amide bonds. The molecule has 1 aromatic carbocycles. The Hall–Kier alpha value is -2.24. The maximum atomic E-state index is 13.3. The molecule has 0 saturated heterocycles. The van der Waals surface area contributed by atoms with Crippen molar-refractivity contribution in [3.8, 4) is 0 Å². The highest BCUT2D eigenvalue weighted by atomic mass is 19.2. The van der Waals surface area contributed by atoms with Crippen molar-refractivity contribution in [2.45, 2.75) is 33.0 Å². The Balaban J connectivity index is 1.88. The Labute approximate surface area is 127 Å². The molecule has 22 heavy (non-hydrogen) atoms. The van der Waals surface area contributed by atoms with Crippen LogP contribution in [0.2, 0.25) is 0 Å². The molecule has 0 fully saturated rings. The SMILES string of the molecule is CC(C)C1C(=O)N(Cc2ccc(F)c(F)c2)Cc2cncn21. The molecule has 1 aliphatic heterocycles. The van der Waals surface area contributed by atoms with Gasteiger partial charge in [0.05, 0.1) is 18.6 Å². The van der Waals surface area contributed by atoms with E-state index in [2.05, 4.69) is 4.98 Å². The Morgan fingerprint density at radius 3 is 2.77 bits per heavy atom. The highest BCUT2D eigenvalue weighted by Crippen LogP contribution is 2.29. The number of hydrogen-bond donors (Lipinski definition) is 0. The summed E-state index contributed by atoms with van der Waals surface area (Å²) in [4.78, 5) is 18.5. The molecule has 116 valence electrons. The van der Waals surface area contributed by atoms with Crippen LogP contribution in [0.4, 0.5) is 8.78 Å². The molecule has 1 aliphatic rings. The van der Waals surface area contributed by atoms with E-state index < -0.39 is 11.6 Å². The number of benzene rings is 1. The smallest absolute Gasteiger partial charge is 0.246 e. The fraction of sp³-hybridized carbons (Fsp3) is 0.375. The first-order valence-electron chi connectivity index (χ1n) is 7.21. The van der Waals surface area contributed by atoms with E-state index in [9.17, 15) is 13.6 Å². The molecular weight excluding hydrogens is 288 g/mol. The van der Waals surface area contributed by atoms with Gasteiger partial charge in [0.25, 0.3) is 0 Å². The second-order valence-electron chi connectivity index (χ2n) is 5.92. The second-order valence-corrected chi connectivity index (χ2v) is 5.92. The van der Waals surface area contributed by atoms with Crippen LogP contribution in [-0.4, -0.2) is 20.4 Å². The van der Waals surface area contributed by atoms with Crippen molar-refractivity contribution in [3.63, 3.8) is 0 Å². The van der Waals surface area contributed by atoms with Crippen LogP contribution in [-0.2, 0) is 17.9 Å². The van der Waals surface area contributed by atoms with E-state index in [4.69, 9.17) is 0 Å². The number of aromatic nitrogens is 2. The first-order chi connectivity index (χ1) is 10.5. The van der Waals surface area contributed by atoms with E-state index in [0.29, 0.717) is 12.1 Å². The van der Waals surface area contributed by atoms with E-state index in [0.717, 1.165) is 17.8 Å². The Morgan fingerprint density at radius 1 is 1.32 bits per heavy atom. The van der Waals surface area contributed by atoms with Crippen LogP contribution < -0.4 is 0 Å². The van der Waals surface area contributed by atoms with Crippen LogP contribution in [0.5, 0.6) is 0 Å². The minimum atomic E-state index is -0.896. The third-order valence-corrected chi connectivity index (χ3v) is 3.95. The summed E-state index contributed by atoms with van der Waals surface area (Å²) in [6.45, 7) is 4.63. The molecule has 4 nitrogen and oxygen atoms in total. The number of nitrogens with zero attached hydrogens (tertiary/aromatic N) is 3. The molecule has 2 aromatic rings. The number of carbonyl (C=O) groups excluding carboxylic acids is 1. The van der Waals surface area contributed by atoms with Gasteiger partial charge in [-0.3, -0.25) is 4.79 Å². The van der Waals surface area contributed by atoms with Gasteiger partial charge in [-0.15, -0.1) is 0 Å². The highest BCUT2D eigenvalue weighted by molar-refractivity contribution is 5.81. The standard InChI is InChI=1S/C16H17F2N3O/c1-10(2)15-16(22)20(8-12-6-19-9-21(12)15)7-11-3-4-13(17)14(18)5-11/h3-6,9-10,15H,7-8H2,1-2H3. The van der Waals surface area contributed by atoms with Gasteiger partial charge in [-0.25, -0.2) is 13.8 Å². The number of carbonyl (C=O) groups is 1. The molecule has 0 radical (unpaired) electrons. The summed E-state index contributed by atoms with van der Waals surface area (Å²) in [5.74, 6) is -1.68. The summed E-state index contributed by atoms with van der Waals surface area (Å²) in [7, 11) is 0. The first-order valence-corrected chi connectivity index (χ1v) is 7.21. The van der Waals surface area contributed by atoms with Crippen molar-refractivity contribution >= 4 is 5.91 Å². The van der Waals surface area contributed by atoms with E-state index in [1.807, 2.05) is 18.4 Å². The maximum Gasteiger partial charge on any atom is 0.246 e. The molecule has 1 atom stereocenters. The molecule has 1 unspecified atom stereocenters. The summed E-state index contributed by atoms with van der Waals surface area (Å²) in [5.41, 5.74) is 1.52. The average Bonchev–Trinajstić information content (AvgIpc) is 2.90. The Bertz CT molecular complexity index is 711. The number of amides is 1. The zero-order valence-electron chi connectivity index (χ0n) is 12.5. The van der Waals surface area contributed by atoms with Crippen LogP contribution in [0.1, 0.15) is 31.1 Å². The average molecular weight is 305 g/mol. The molecule has 2 heterocycles. The molecule has 6 heteroatoms. The van der Waals surface area contributed by atoms with Gasteiger partial charge in [0.1, 0.15) is 6.04 Å². The lowest BCUT2D eigenvalue weighted by atomic mass is 9.99. The lowest BCUT2D eigenvalue weighted by Crippen LogP contribution is -2.43. The number of hydrogen-bond acceptors (Lipinski definition) is 2. The Morgan fingerprint density at radius 2 is 2.09 bits per heavy atom. The summed E-state index contributed by atoms with van der Waals surface area (Å²) in [5, 5.41) is 0. The second kappa shape index (κ2) is 5.51. The number of imidazole rings is 1. The van der Waals surface area contributed by atoms with Gasteiger partial charge in [0.2, 0.25) is 5.91 Å². The van der Waals surface area contributed by atoms with Crippen LogP contribution in [0, 0.1) is 17.6 Å². The summed E-state index contributed by atoms with van der Waals surface area (Å²) in [6, 6.07) is 3.42. The fourth-order valence-electron chi connectivity index (χ4n) is 2.88. The first kappa shape index (κ1) is 14.7. The van der Waals surface area contributed by atoms with Crippen molar-refractivity contribution in [2.75, 3.05) is 0 Å². The summed E-state index contributed by atoms with van der Waals surface area (Å²) >= 11 is 0. The number of fused-ring (bicyclic) bond motifs is 1. The minimum Gasteiger partial charge on any atom is -0.331 e. The summed E-state index contributed by atoms with van der Waals surface area (Å²) < 4.78 is 28.2. The molecule has 0 bridgehead atoms. The van der Waals surface area contributed by atoms with E-state index in [1.54, 1.807) is 17.4 Å². The predicted molar refractivity (Wildman–Crippen MR) is 76.7 cm³/mol. The van der Waals surface area contributed by atoms with Crippen molar-refractivity contribution in [3.05, 3.63) is 53.6 Å². The lowest BCUT2D eigenvalue weighted by molar-refractivity contribution is -0.139. The molecule has 1 aromatic heterocycles. The van der Waals surface area contributed by atoms with Crippen LogP contribution in [0.15, 0.2) is 30.7 Å². The van der Waals surface area contributed by atoms with Crippen LogP contribution in [0.25, 0.3) is 0 Å². The van der Waals surface area contributed by atoms with Crippen molar-refractivity contribution in [1.82, 2.24) is 14.5 Å². The fourth-order valence-corrected chi connectivity index (χ4v) is 2.88. The van der Waals surface area contributed by atoms with Gasteiger partial charge < -0.3 is 9.47 Å². The highest BCUT2D eigenvalue weighted by Gasteiger charge is 2.34. The Kier molecular flexibility index (Phi) is 3.68. The zero-order valence-corrected chi connectivity index (χ0v) is 12.5. The largest absolute Gasteiger partial charge is 0.331 e. The zero-order chi connectivity index (χ0) is 15.9. The molecule has 3 rings (SSSR count). The normalized spacial score (nSPS) is 18.0. The van der Waals surface area contributed by atoms with Crippen LogP contribution in [0.3, 0.4) is 0 Å². The third-order valence-electron chi connectivity index (χ3n) is 3.95.